The van der Waals surface area contributed by atoms with Crippen LogP contribution in [-0.4, -0.2) is 33.5 Å². The lowest BCUT2D eigenvalue weighted by atomic mass is 10.2. The summed E-state index contributed by atoms with van der Waals surface area (Å²) in [4.78, 5) is 19.6. The van der Waals surface area contributed by atoms with E-state index in [1.807, 2.05) is 16.1 Å². The quantitative estimate of drug-likeness (QED) is 0.810. The van der Waals surface area contributed by atoms with Gasteiger partial charge in [0, 0.05) is 12.2 Å². The van der Waals surface area contributed by atoms with Crippen molar-refractivity contribution in [3.05, 3.63) is 28.7 Å². The second-order valence-electron chi connectivity index (χ2n) is 4.59. The first-order valence-electron chi connectivity index (χ1n) is 5.91. The van der Waals surface area contributed by atoms with Crippen LogP contribution in [0.2, 0.25) is 0 Å². The molecule has 17 heavy (non-hydrogen) atoms. The summed E-state index contributed by atoms with van der Waals surface area (Å²) in [6.07, 6.45) is 4.16. The molecule has 1 atom stereocenters. The van der Waals surface area contributed by atoms with Gasteiger partial charge in [0.15, 0.2) is 0 Å². The molecule has 0 aromatic carbocycles. The summed E-state index contributed by atoms with van der Waals surface area (Å²) in [6.45, 7) is 1.94. The van der Waals surface area contributed by atoms with Gasteiger partial charge in [-0.15, -0.1) is 0 Å². The lowest BCUT2D eigenvalue weighted by Crippen LogP contribution is -2.31. The normalized spacial score (nSPS) is 21.4. The smallest absolute Gasteiger partial charge is 0.270 e. The van der Waals surface area contributed by atoms with Crippen LogP contribution >= 0.6 is 11.5 Å². The Morgan fingerprint density at radius 3 is 3.18 bits per heavy atom. The standard InChI is InChI=1S/C12H15N3OS/c1-14-7-3-4-9(14)8-15-12(16)10-5-2-6-13-11(10)17-15/h2,5-6,9H,3-4,7-8H2,1H3. The molecule has 0 aliphatic carbocycles. The van der Waals surface area contributed by atoms with Crippen molar-refractivity contribution in [2.75, 3.05) is 13.6 Å². The second kappa shape index (κ2) is 4.23. The van der Waals surface area contributed by atoms with E-state index in [0.717, 1.165) is 23.3 Å². The maximum absolute atomic E-state index is 12.1. The third-order valence-corrected chi connectivity index (χ3v) is 4.51. The Kier molecular flexibility index (Phi) is 2.72. The minimum Gasteiger partial charge on any atom is -0.302 e. The fraction of sp³-hybridized carbons (Fsp3) is 0.500. The first kappa shape index (κ1) is 10.9. The van der Waals surface area contributed by atoms with Gasteiger partial charge >= 0.3 is 0 Å². The van der Waals surface area contributed by atoms with Crippen molar-refractivity contribution >= 4 is 21.7 Å². The van der Waals surface area contributed by atoms with Crippen LogP contribution in [-0.2, 0) is 6.54 Å². The maximum Gasteiger partial charge on any atom is 0.270 e. The molecule has 1 fully saturated rings. The van der Waals surface area contributed by atoms with Gasteiger partial charge in [-0.1, -0.05) is 0 Å². The molecule has 0 amide bonds. The molecule has 1 saturated heterocycles. The van der Waals surface area contributed by atoms with Gasteiger partial charge in [-0.05, 0) is 50.1 Å². The molecule has 5 heteroatoms. The molecular weight excluding hydrogens is 234 g/mol. The predicted octanol–water partition coefficient (Wildman–Crippen LogP) is 1.55. The van der Waals surface area contributed by atoms with E-state index in [2.05, 4.69) is 16.9 Å². The molecule has 1 aliphatic rings. The Balaban J connectivity index is 1.95. The summed E-state index contributed by atoms with van der Waals surface area (Å²) in [7, 11) is 2.13. The van der Waals surface area contributed by atoms with Crippen molar-refractivity contribution in [1.29, 1.82) is 0 Å². The Labute approximate surface area is 104 Å². The molecule has 0 spiro atoms. The van der Waals surface area contributed by atoms with Crippen molar-refractivity contribution in [2.24, 2.45) is 0 Å². The first-order chi connectivity index (χ1) is 8.25. The van der Waals surface area contributed by atoms with Crippen molar-refractivity contribution < 1.29 is 0 Å². The summed E-state index contributed by atoms with van der Waals surface area (Å²) < 4.78 is 1.85. The number of pyridine rings is 1. The van der Waals surface area contributed by atoms with Gasteiger partial charge in [0.1, 0.15) is 4.83 Å². The summed E-state index contributed by atoms with van der Waals surface area (Å²) in [5.74, 6) is 0. The van der Waals surface area contributed by atoms with Gasteiger partial charge < -0.3 is 4.90 Å². The Morgan fingerprint density at radius 1 is 1.59 bits per heavy atom. The fourth-order valence-electron chi connectivity index (χ4n) is 2.43. The molecule has 0 radical (unpaired) electrons. The zero-order valence-electron chi connectivity index (χ0n) is 9.80. The molecule has 0 N–H and O–H groups in total. The fourth-order valence-corrected chi connectivity index (χ4v) is 3.43. The van der Waals surface area contributed by atoms with Crippen molar-refractivity contribution in [3.8, 4) is 0 Å². The number of fused-ring (bicyclic) bond motifs is 1. The average Bonchev–Trinajstić information content (AvgIpc) is 2.87. The van der Waals surface area contributed by atoms with E-state index in [1.54, 1.807) is 6.20 Å². The molecule has 3 heterocycles. The van der Waals surface area contributed by atoms with E-state index in [0.29, 0.717) is 6.04 Å². The maximum atomic E-state index is 12.1. The molecule has 1 aliphatic heterocycles. The monoisotopic (exact) mass is 249 g/mol. The Bertz CT molecular complexity index is 589. The van der Waals surface area contributed by atoms with E-state index in [4.69, 9.17) is 0 Å². The minimum absolute atomic E-state index is 0.110. The van der Waals surface area contributed by atoms with Crippen LogP contribution in [0, 0.1) is 0 Å². The summed E-state index contributed by atoms with van der Waals surface area (Å²) in [5.41, 5.74) is 0.110. The molecule has 0 saturated carbocycles. The Hall–Kier alpha value is -1.20. The number of aromatic nitrogens is 2. The van der Waals surface area contributed by atoms with Crippen LogP contribution in [0.3, 0.4) is 0 Å². The average molecular weight is 249 g/mol. The van der Waals surface area contributed by atoms with Gasteiger partial charge in [0.05, 0.1) is 11.9 Å². The zero-order valence-corrected chi connectivity index (χ0v) is 10.6. The topological polar surface area (TPSA) is 38.1 Å². The van der Waals surface area contributed by atoms with Crippen LogP contribution < -0.4 is 5.56 Å². The van der Waals surface area contributed by atoms with Gasteiger partial charge in [0.25, 0.3) is 5.56 Å². The van der Waals surface area contributed by atoms with Crippen LogP contribution in [0.1, 0.15) is 12.8 Å². The van der Waals surface area contributed by atoms with Crippen molar-refractivity contribution in [3.63, 3.8) is 0 Å². The van der Waals surface area contributed by atoms with Crippen molar-refractivity contribution in [2.45, 2.75) is 25.4 Å². The molecule has 1 unspecified atom stereocenters. The highest BCUT2D eigenvalue weighted by atomic mass is 32.1. The van der Waals surface area contributed by atoms with Crippen LogP contribution in [0.4, 0.5) is 0 Å². The third kappa shape index (κ3) is 1.89. The van der Waals surface area contributed by atoms with Gasteiger partial charge in [0.2, 0.25) is 0 Å². The zero-order chi connectivity index (χ0) is 11.8. The number of rotatable bonds is 2. The van der Waals surface area contributed by atoms with Crippen LogP contribution in [0.25, 0.3) is 10.2 Å². The van der Waals surface area contributed by atoms with E-state index in [1.165, 1.54) is 24.4 Å². The van der Waals surface area contributed by atoms with Gasteiger partial charge in [-0.3, -0.25) is 8.75 Å². The lowest BCUT2D eigenvalue weighted by Gasteiger charge is -2.18. The van der Waals surface area contributed by atoms with E-state index >= 15 is 0 Å². The molecular formula is C12H15N3OS. The van der Waals surface area contributed by atoms with E-state index < -0.39 is 0 Å². The number of hydrogen-bond acceptors (Lipinski definition) is 4. The molecule has 2 aromatic rings. The second-order valence-corrected chi connectivity index (χ2v) is 5.60. The molecule has 0 bridgehead atoms. The lowest BCUT2D eigenvalue weighted by molar-refractivity contribution is 0.286. The number of hydrogen-bond donors (Lipinski definition) is 0. The highest BCUT2D eigenvalue weighted by Crippen LogP contribution is 2.19. The van der Waals surface area contributed by atoms with Gasteiger partial charge in [-0.25, -0.2) is 4.98 Å². The largest absolute Gasteiger partial charge is 0.302 e. The van der Waals surface area contributed by atoms with Crippen molar-refractivity contribution in [1.82, 2.24) is 13.8 Å². The number of likely N-dealkylation sites (tertiary alicyclic amines) is 1. The highest BCUT2D eigenvalue weighted by molar-refractivity contribution is 7.13. The molecule has 2 aromatic heterocycles. The predicted molar refractivity (Wildman–Crippen MR) is 69.5 cm³/mol. The minimum atomic E-state index is 0.110. The van der Waals surface area contributed by atoms with E-state index in [-0.39, 0.29) is 5.56 Å². The van der Waals surface area contributed by atoms with Crippen LogP contribution in [0.5, 0.6) is 0 Å². The summed E-state index contributed by atoms with van der Waals surface area (Å²) >= 11 is 1.48. The number of nitrogens with zero attached hydrogens (tertiary/aromatic N) is 3. The third-order valence-electron chi connectivity index (χ3n) is 3.47. The number of likely N-dealkylation sites (N-methyl/N-ethyl adjacent to an activating group) is 1. The SMILES string of the molecule is CN1CCCC1Cn1sc2ncccc2c1=O. The Morgan fingerprint density at radius 2 is 2.47 bits per heavy atom. The summed E-state index contributed by atoms with van der Waals surface area (Å²) in [5, 5.41) is 0.748. The van der Waals surface area contributed by atoms with E-state index in [9.17, 15) is 4.79 Å². The van der Waals surface area contributed by atoms with Gasteiger partial charge in [-0.2, -0.15) is 0 Å². The molecule has 90 valence electrons. The molecule has 4 nitrogen and oxygen atoms in total. The first-order valence-corrected chi connectivity index (χ1v) is 6.68. The summed E-state index contributed by atoms with van der Waals surface area (Å²) in [6, 6.07) is 4.18. The highest BCUT2D eigenvalue weighted by Gasteiger charge is 2.22. The molecule has 3 rings (SSSR count). The van der Waals surface area contributed by atoms with Crippen LogP contribution in [0.15, 0.2) is 23.1 Å².